The molecule has 0 fully saturated rings. The largest absolute Gasteiger partial charge is 0.476 e. The van der Waals surface area contributed by atoms with Crippen LogP contribution in [0.25, 0.3) is 5.69 Å². The number of carboxylic acid groups (broad SMARTS) is 1. The number of halogens is 4. The molecule has 0 saturated heterocycles. The van der Waals surface area contributed by atoms with Crippen LogP contribution in [-0.2, 0) is 6.18 Å². The summed E-state index contributed by atoms with van der Waals surface area (Å²) in [7, 11) is 0. The van der Waals surface area contributed by atoms with E-state index in [0.29, 0.717) is 0 Å². The molecule has 0 aliphatic heterocycles. The molecule has 1 N–H and O–H groups in total. The monoisotopic (exact) mass is 275 g/mol. The van der Waals surface area contributed by atoms with Crippen molar-refractivity contribution in [3.8, 4) is 5.69 Å². The summed E-state index contributed by atoms with van der Waals surface area (Å²) in [6, 6.07) is 4.15. The molecule has 0 amide bonds. The van der Waals surface area contributed by atoms with Crippen LogP contribution < -0.4 is 0 Å². The minimum atomic E-state index is -4.98. The summed E-state index contributed by atoms with van der Waals surface area (Å²) in [4.78, 5) is 10.7. The van der Waals surface area contributed by atoms with Crippen molar-refractivity contribution in [3.05, 3.63) is 41.5 Å². The predicted octanol–water partition coefficient (Wildman–Crippen LogP) is 2.12. The standard InChI is InChI=1S/C10H5F4N3O2/c11-5-2-1-3-6(4-5)17-8(10(12,13)14)7(9(18)19)15-16-17/h1-4H,(H,18,19). The molecule has 19 heavy (non-hydrogen) atoms. The number of benzene rings is 1. The average molecular weight is 275 g/mol. The topological polar surface area (TPSA) is 68.0 Å². The zero-order valence-electron chi connectivity index (χ0n) is 9.02. The van der Waals surface area contributed by atoms with E-state index in [1.165, 1.54) is 6.07 Å². The van der Waals surface area contributed by atoms with Crippen LogP contribution in [0.2, 0.25) is 0 Å². The third-order valence-corrected chi connectivity index (χ3v) is 2.19. The first kappa shape index (κ1) is 13.0. The van der Waals surface area contributed by atoms with Crippen LogP contribution in [0.15, 0.2) is 24.3 Å². The Morgan fingerprint density at radius 2 is 2.00 bits per heavy atom. The maximum atomic E-state index is 13.0. The molecular weight excluding hydrogens is 270 g/mol. The highest BCUT2D eigenvalue weighted by molar-refractivity contribution is 5.86. The van der Waals surface area contributed by atoms with Crippen molar-refractivity contribution in [2.75, 3.05) is 0 Å². The van der Waals surface area contributed by atoms with Gasteiger partial charge >= 0.3 is 12.1 Å². The highest BCUT2D eigenvalue weighted by Gasteiger charge is 2.42. The molecule has 0 saturated carbocycles. The fraction of sp³-hybridized carbons (Fsp3) is 0.100. The second-order valence-electron chi connectivity index (χ2n) is 3.48. The lowest BCUT2D eigenvalue weighted by atomic mass is 10.2. The molecule has 5 nitrogen and oxygen atoms in total. The molecule has 2 rings (SSSR count). The second kappa shape index (κ2) is 4.34. The Kier molecular flexibility index (Phi) is 2.97. The van der Waals surface area contributed by atoms with E-state index in [-0.39, 0.29) is 10.4 Å². The summed E-state index contributed by atoms with van der Waals surface area (Å²) in [5, 5.41) is 14.7. The molecule has 0 aliphatic carbocycles. The molecule has 0 radical (unpaired) electrons. The smallest absolute Gasteiger partial charge is 0.436 e. The zero-order chi connectivity index (χ0) is 14.2. The fourth-order valence-corrected chi connectivity index (χ4v) is 1.47. The van der Waals surface area contributed by atoms with Crippen LogP contribution >= 0.6 is 0 Å². The van der Waals surface area contributed by atoms with Gasteiger partial charge in [-0.3, -0.25) is 0 Å². The highest BCUT2D eigenvalue weighted by atomic mass is 19.4. The molecule has 0 aliphatic rings. The van der Waals surface area contributed by atoms with Crippen molar-refractivity contribution >= 4 is 5.97 Å². The van der Waals surface area contributed by atoms with Gasteiger partial charge in [-0.2, -0.15) is 13.2 Å². The lowest BCUT2D eigenvalue weighted by Gasteiger charge is -2.09. The summed E-state index contributed by atoms with van der Waals surface area (Å²) < 4.78 is 51.7. The van der Waals surface area contributed by atoms with E-state index in [2.05, 4.69) is 10.3 Å². The van der Waals surface area contributed by atoms with Gasteiger partial charge in [0.25, 0.3) is 0 Å². The molecule has 0 atom stereocenters. The number of aromatic nitrogens is 3. The van der Waals surface area contributed by atoms with Gasteiger partial charge in [-0.25, -0.2) is 13.9 Å². The maximum absolute atomic E-state index is 13.0. The third-order valence-electron chi connectivity index (χ3n) is 2.19. The van der Waals surface area contributed by atoms with Gasteiger partial charge in [0.2, 0.25) is 5.69 Å². The van der Waals surface area contributed by atoms with E-state index >= 15 is 0 Å². The van der Waals surface area contributed by atoms with Crippen LogP contribution in [0.1, 0.15) is 16.2 Å². The molecule has 1 aromatic heterocycles. The Bertz CT molecular complexity index is 636. The van der Waals surface area contributed by atoms with Crippen molar-refractivity contribution in [2.24, 2.45) is 0 Å². The number of hydrogen-bond acceptors (Lipinski definition) is 3. The maximum Gasteiger partial charge on any atom is 0.436 e. The lowest BCUT2D eigenvalue weighted by molar-refractivity contribution is -0.143. The van der Waals surface area contributed by atoms with Crippen LogP contribution in [0.3, 0.4) is 0 Å². The zero-order valence-corrected chi connectivity index (χ0v) is 9.02. The first-order chi connectivity index (χ1) is 8.80. The van der Waals surface area contributed by atoms with Crippen molar-refractivity contribution in [1.29, 1.82) is 0 Å². The number of alkyl halides is 3. The molecule has 0 bridgehead atoms. The molecule has 100 valence electrons. The average Bonchev–Trinajstić information content (AvgIpc) is 2.73. The number of carbonyl (C=O) groups is 1. The molecule has 0 unspecified atom stereocenters. The predicted molar refractivity (Wildman–Crippen MR) is 53.3 cm³/mol. The highest BCUT2D eigenvalue weighted by Crippen LogP contribution is 2.32. The SMILES string of the molecule is O=C(O)c1nnn(-c2cccc(F)c2)c1C(F)(F)F. The van der Waals surface area contributed by atoms with E-state index in [1.54, 1.807) is 0 Å². The quantitative estimate of drug-likeness (QED) is 0.852. The van der Waals surface area contributed by atoms with Gasteiger partial charge in [0, 0.05) is 0 Å². The fourth-order valence-electron chi connectivity index (χ4n) is 1.47. The van der Waals surface area contributed by atoms with Crippen molar-refractivity contribution in [1.82, 2.24) is 15.0 Å². The minimum Gasteiger partial charge on any atom is -0.476 e. The van der Waals surface area contributed by atoms with Gasteiger partial charge in [0.15, 0.2) is 5.69 Å². The molecule has 1 aromatic carbocycles. The molecule has 2 aromatic rings. The van der Waals surface area contributed by atoms with Crippen molar-refractivity contribution in [2.45, 2.75) is 6.18 Å². The number of rotatable bonds is 2. The summed E-state index contributed by atoms with van der Waals surface area (Å²) in [5.74, 6) is -2.65. The van der Waals surface area contributed by atoms with Crippen molar-refractivity contribution < 1.29 is 27.5 Å². The van der Waals surface area contributed by atoms with E-state index in [4.69, 9.17) is 5.11 Å². The number of nitrogens with zero attached hydrogens (tertiary/aromatic N) is 3. The van der Waals surface area contributed by atoms with Crippen LogP contribution in [-0.4, -0.2) is 26.1 Å². The summed E-state index contributed by atoms with van der Waals surface area (Å²) in [6.07, 6.45) is -4.98. The Morgan fingerprint density at radius 1 is 1.32 bits per heavy atom. The van der Waals surface area contributed by atoms with E-state index in [1.807, 2.05) is 0 Å². The van der Waals surface area contributed by atoms with E-state index in [9.17, 15) is 22.4 Å². The summed E-state index contributed by atoms with van der Waals surface area (Å²) in [5.41, 5.74) is -3.07. The number of carboxylic acids is 1. The Morgan fingerprint density at radius 3 is 2.53 bits per heavy atom. The van der Waals surface area contributed by atoms with Crippen LogP contribution in [0.4, 0.5) is 17.6 Å². The first-order valence-electron chi connectivity index (χ1n) is 4.83. The number of hydrogen-bond donors (Lipinski definition) is 1. The Balaban J connectivity index is 2.68. The van der Waals surface area contributed by atoms with Crippen LogP contribution in [0, 0.1) is 5.82 Å². The third kappa shape index (κ3) is 2.39. The second-order valence-corrected chi connectivity index (χ2v) is 3.48. The summed E-state index contributed by atoms with van der Waals surface area (Å²) in [6.45, 7) is 0. The molecule has 0 spiro atoms. The summed E-state index contributed by atoms with van der Waals surface area (Å²) >= 11 is 0. The molecule has 9 heteroatoms. The normalized spacial score (nSPS) is 11.6. The van der Waals surface area contributed by atoms with Gasteiger partial charge < -0.3 is 5.11 Å². The first-order valence-corrected chi connectivity index (χ1v) is 4.83. The lowest BCUT2D eigenvalue weighted by Crippen LogP contribution is -2.17. The molecular formula is C10H5F4N3O2. The van der Waals surface area contributed by atoms with E-state index < -0.39 is 29.4 Å². The number of aromatic carboxylic acids is 1. The van der Waals surface area contributed by atoms with Gasteiger partial charge in [-0.1, -0.05) is 11.3 Å². The minimum absolute atomic E-state index is 0.243. The Hall–Kier alpha value is -2.45. The van der Waals surface area contributed by atoms with E-state index in [0.717, 1.165) is 18.2 Å². The van der Waals surface area contributed by atoms with Gasteiger partial charge in [0.1, 0.15) is 5.82 Å². The van der Waals surface area contributed by atoms with Gasteiger partial charge in [-0.15, -0.1) is 5.10 Å². The molecule has 1 heterocycles. The van der Waals surface area contributed by atoms with Crippen LogP contribution in [0.5, 0.6) is 0 Å². The van der Waals surface area contributed by atoms with Gasteiger partial charge in [0.05, 0.1) is 5.69 Å². The van der Waals surface area contributed by atoms with Gasteiger partial charge in [-0.05, 0) is 18.2 Å². The Labute approximate surface area is 103 Å². The van der Waals surface area contributed by atoms with Crippen molar-refractivity contribution in [3.63, 3.8) is 0 Å².